The summed E-state index contributed by atoms with van der Waals surface area (Å²) in [5.74, 6) is -0.634. The van der Waals surface area contributed by atoms with Crippen LogP contribution in [0.15, 0.2) is 9.32 Å². The van der Waals surface area contributed by atoms with Gasteiger partial charge in [-0.15, -0.1) is 12.4 Å². The van der Waals surface area contributed by atoms with Gasteiger partial charge in [0.05, 0.1) is 0 Å². The average molecular weight is 330 g/mol. The molecule has 0 aliphatic carbocycles. The van der Waals surface area contributed by atoms with Crippen molar-refractivity contribution in [3.63, 3.8) is 0 Å². The Morgan fingerprint density at radius 2 is 2.27 bits per heavy atom. The number of carbonyl (C=O) groups is 1. The van der Waals surface area contributed by atoms with Crippen molar-refractivity contribution in [2.75, 3.05) is 5.73 Å². The van der Waals surface area contributed by atoms with Gasteiger partial charge in [-0.25, -0.2) is 14.6 Å². The van der Waals surface area contributed by atoms with Crippen LogP contribution in [0.3, 0.4) is 0 Å². The lowest BCUT2D eigenvalue weighted by atomic mass is 10.1. The van der Waals surface area contributed by atoms with E-state index in [1.807, 2.05) is 0 Å². The van der Waals surface area contributed by atoms with Crippen molar-refractivity contribution in [2.45, 2.75) is 38.1 Å². The molecule has 22 heavy (non-hydrogen) atoms. The van der Waals surface area contributed by atoms with Gasteiger partial charge in [0.1, 0.15) is 5.82 Å². The number of aromatic nitrogens is 4. The summed E-state index contributed by atoms with van der Waals surface area (Å²) in [5, 5.41) is 12.8. The largest absolute Gasteiger partial charge is 0.476 e. The van der Waals surface area contributed by atoms with Gasteiger partial charge in [0.25, 0.3) is 0 Å². The Balaban J connectivity index is 0.00000176. The van der Waals surface area contributed by atoms with Crippen molar-refractivity contribution in [3.05, 3.63) is 27.9 Å². The molecule has 2 aromatic rings. The van der Waals surface area contributed by atoms with Gasteiger partial charge < -0.3 is 15.8 Å². The van der Waals surface area contributed by atoms with Crippen LogP contribution in [0, 0.1) is 0 Å². The summed E-state index contributed by atoms with van der Waals surface area (Å²) in [4.78, 5) is 29.5. The third-order valence-electron chi connectivity index (χ3n) is 3.68. The highest BCUT2D eigenvalue weighted by Crippen LogP contribution is 2.24. The minimum absolute atomic E-state index is 0. The van der Waals surface area contributed by atoms with E-state index < -0.39 is 11.7 Å². The quantitative estimate of drug-likeness (QED) is 0.755. The van der Waals surface area contributed by atoms with E-state index in [0.29, 0.717) is 24.5 Å². The molecule has 4 N–H and O–H groups in total. The first-order valence-corrected chi connectivity index (χ1v) is 6.71. The van der Waals surface area contributed by atoms with E-state index >= 15 is 0 Å². The molecule has 9 nitrogen and oxygen atoms in total. The number of aromatic carboxylic acids is 1. The maximum Gasteiger partial charge on any atom is 0.441 e. The molecular weight excluding hydrogens is 314 g/mol. The molecule has 0 aromatic carbocycles. The van der Waals surface area contributed by atoms with Crippen LogP contribution in [0.5, 0.6) is 0 Å². The third-order valence-corrected chi connectivity index (χ3v) is 3.68. The number of anilines is 1. The Kier molecular flexibility index (Phi) is 4.55. The SMILES string of the molecule is Cl.Nc1nc(CC2CCCCc3noc(=O)n32)[nH]c1C(=O)O. The van der Waals surface area contributed by atoms with E-state index in [4.69, 9.17) is 15.4 Å². The molecule has 0 saturated heterocycles. The molecule has 0 radical (unpaired) electrons. The molecule has 1 aliphatic heterocycles. The standard InChI is InChI=1S/C12H15N5O4.ClH/c13-10-9(11(18)19)14-7(15-10)5-6-3-1-2-4-8-16-21-12(20)17(6)8;/h6H,1-5,13H2,(H,14,15)(H,18,19);1H. The Hall–Kier alpha value is -2.29. The maximum absolute atomic E-state index is 11.8. The number of carboxylic acid groups (broad SMARTS) is 1. The van der Waals surface area contributed by atoms with Crippen molar-refractivity contribution in [3.8, 4) is 0 Å². The van der Waals surface area contributed by atoms with Crippen LogP contribution in [-0.2, 0) is 12.8 Å². The summed E-state index contributed by atoms with van der Waals surface area (Å²) < 4.78 is 6.25. The molecule has 0 amide bonds. The van der Waals surface area contributed by atoms with Gasteiger partial charge in [-0.05, 0) is 12.8 Å². The van der Waals surface area contributed by atoms with Crippen LogP contribution < -0.4 is 11.5 Å². The number of nitrogens with zero attached hydrogens (tertiary/aromatic N) is 3. The summed E-state index contributed by atoms with van der Waals surface area (Å²) in [7, 11) is 0. The van der Waals surface area contributed by atoms with Crippen molar-refractivity contribution >= 4 is 24.2 Å². The number of hydrogen-bond acceptors (Lipinski definition) is 6. The number of H-pyrrole nitrogens is 1. The second kappa shape index (κ2) is 6.22. The summed E-state index contributed by atoms with van der Waals surface area (Å²) in [6.45, 7) is 0. The minimum atomic E-state index is -1.16. The third kappa shape index (κ3) is 2.84. The van der Waals surface area contributed by atoms with E-state index in [9.17, 15) is 9.59 Å². The first-order chi connectivity index (χ1) is 10.1. The number of imidazole rings is 1. The molecule has 10 heteroatoms. The molecular formula is C12H16ClN5O4. The number of carboxylic acids is 1. The predicted molar refractivity (Wildman–Crippen MR) is 78.3 cm³/mol. The van der Waals surface area contributed by atoms with E-state index in [0.717, 1.165) is 19.3 Å². The van der Waals surface area contributed by atoms with E-state index in [-0.39, 0.29) is 30.0 Å². The molecule has 1 atom stereocenters. The Morgan fingerprint density at radius 3 is 2.95 bits per heavy atom. The van der Waals surface area contributed by atoms with Gasteiger partial charge in [0.2, 0.25) is 0 Å². The fourth-order valence-corrected chi connectivity index (χ4v) is 2.72. The normalized spacial score (nSPS) is 17.4. The van der Waals surface area contributed by atoms with E-state index in [1.165, 1.54) is 4.57 Å². The zero-order chi connectivity index (χ0) is 15.0. The van der Waals surface area contributed by atoms with Crippen molar-refractivity contribution < 1.29 is 14.4 Å². The number of aryl methyl sites for hydroxylation is 1. The van der Waals surface area contributed by atoms with Gasteiger partial charge in [0.15, 0.2) is 17.3 Å². The highest BCUT2D eigenvalue weighted by molar-refractivity contribution is 5.90. The van der Waals surface area contributed by atoms with Crippen LogP contribution in [0.1, 0.15) is 47.4 Å². The molecule has 3 rings (SSSR count). The predicted octanol–water partition coefficient (Wildman–Crippen LogP) is 0.772. The fraction of sp³-hybridized carbons (Fsp3) is 0.500. The highest BCUT2D eigenvalue weighted by Gasteiger charge is 2.25. The maximum atomic E-state index is 11.8. The summed E-state index contributed by atoms with van der Waals surface area (Å²) in [6, 6.07) is -0.159. The molecule has 1 aliphatic rings. The number of fused-ring (bicyclic) bond motifs is 1. The second-order valence-electron chi connectivity index (χ2n) is 5.09. The number of nitrogens with two attached hydrogens (primary N) is 1. The summed E-state index contributed by atoms with van der Waals surface area (Å²) >= 11 is 0. The zero-order valence-electron chi connectivity index (χ0n) is 11.6. The van der Waals surface area contributed by atoms with Gasteiger partial charge in [0, 0.05) is 18.9 Å². The van der Waals surface area contributed by atoms with Crippen LogP contribution in [-0.4, -0.2) is 30.8 Å². The molecule has 3 heterocycles. The van der Waals surface area contributed by atoms with Crippen LogP contribution in [0.25, 0.3) is 0 Å². The zero-order valence-corrected chi connectivity index (χ0v) is 12.4. The Morgan fingerprint density at radius 1 is 1.50 bits per heavy atom. The van der Waals surface area contributed by atoms with Crippen LogP contribution in [0.2, 0.25) is 0 Å². The van der Waals surface area contributed by atoms with Gasteiger partial charge >= 0.3 is 11.7 Å². The minimum Gasteiger partial charge on any atom is -0.476 e. The lowest BCUT2D eigenvalue weighted by Gasteiger charge is -2.14. The van der Waals surface area contributed by atoms with E-state index in [2.05, 4.69) is 15.1 Å². The van der Waals surface area contributed by atoms with Gasteiger partial charge in [-0.1, -0.05) is 11.6 Å². The average Bonchev–Trinajstić information content (AvgIpc) is 2.90. The topological polar surface area (TPSA) is 140 Å². The first-order valence-electron chi connectivity index (χ1n) is 6.71. The second-order valence-corrected chi connectivity index (χ2v) is 5.09. The lowest BCUT2D eigenvalue weighted by Crippen LogP contribution is -2.23. The Labute approximate surface area is 130 Å². The molecule has 2 aromatic heterocycles. The first kappa shape index (κ1) is 16.1. The van der Waals surface area contributed by atoms with Crippen molar-refractivity contribution in [2.24, 2.45) is 0 Å². The Bertz CT molecular complexity index is 734. The van der Waals surface area contributed by atoms with Crippen LogP contribution >= 0.6 is 12.4 Å². The number of hydrogen-bond donors (Lipinski definition) is 3. The number of aromatic amines is 1. The molecule has 1 unspecified atom stereocenters. The van der Waals surface area contributed by atoms with Gasteiger partial charge in [-0.2, -0.15) is 0 Å². The molecule has 120 valence electrons. The number of rotatable bonds is 3. The summed E-state index contributed by atoms with van der Waals surface area (Å²) in [5.41, 5.74) is 5.43. The highest BCUT2D eigenvalue weighted by atomic mass is 35.5. The molecule has 0 bridgehead atoms. The van der Waals surface area contributed by atoms with Crippen molar-refractivity contribution in [1.82, 2.24) is 19.7 Å². The number of nitrogen functional groups attached to an aromatic ring is 1. The van der Waals surface area contributed by atoms with E-state index in [1.54, 1.807) is 0 Å². The summed E-state index contributed by atoms with van der Waals surface area (Å²) in [6.07, 6.45) is 3.74. The molecule has 0 spiro atoms. The lowest BCUT2D eigenvalue weighted by molar-refractivity contribution is 0.0692. The number of halogens is 1. The fourth-order valence-electron chi connectivity index (χ4n) is 2.72. The van der Waals surface area contributed by atoms with Crippen molar-refractivity contribution in [1.29, 1.82) is 0 Å². The molecule has 0 fully saturated rings. The molecule has 0 saturated carbocycles. The van der Waals surface area contributed by atoms with Gasteiger partial charge in [-0.3, -0.25) is 9.09 Å². The smallest absolute Gasteiger partial charge is 0.441 e. The van der Waals surface area contributed by atoms with Crippen LogP contribution in [0.4, 0.5) is 5.82 Å². The number of nitrogens with one attached hydrogen (secondary N) is 1. The monoisotopic (exact) mass is 329 g/mol.